The second-order valence-electron chi connectivity index (χ2n) is 2.59. The summed E-state index contributed by atoms with van der Waals surface area (Å²) in [5.41, 5.74) is 1.03. The zero-order chi connectivity index (χ0) is 8.10. The molecule has 0 bridgehead atoms. The summed E-state index contributed by atoms with van der Waals surface area (Å²) in [5, 5.41) is 10.4. The van der Waals surface area contributed by atoms with E-state index in [4.69, 9.17) is 5.41 Å². The number of piperazine rings is 1. The normalized spacial score (nSPS) is 20.1. The van der Waals surface area contributed by atoms with Crippen molar-refractivity contribution >= 4 is 6.21 Å². The average molecular weight is 153 g/mol. The third-order valence-electron chi connectivity index (χ3n) is 1.93. The van der Waals surface area contributed by atoms with Gasteiger partial charge >= 0.3 is 0 Å². The summed E-state index contributed by atoms with van der Waals surface area (Å²) in [4.78, 5) is 2.23. The molecule has 0 unspecified atom stereocenters. The molecule has 0 amide bonds. The van der Waals surface area contributed by atoms with Crippen molar-refractivity contribution in [2.75, 3.05) is 26.2 Å². The lowest BCUT2D eigenvalue weighted by molar-refractivity contribution is 0.312. The van der Waals surface area contributed by atoms with Crippen LogP contribution in [0.5, 0.6) is 0 Å². The van der Waals surface area contributed by atoms with E-state index in [1.165, 1.54) is 6.21 Å². The van der Waals surface area contributed by atoms with Gasteiger partial charge in [0.25, 0.3) is 0 Å². The molecule has 2 N–H and O–H groups in total. The summed E-state index contributed by atoms with van der Waals surface area (Å²) >= 11 is 0. The van der Waals surface area contributed by atoms with Crippen LogP contribution in [-0.2, 0) is 0 Å². The van der Waals surface area contributed by atoms with Gasteiger partial charge in [-0.1, -0.05) is 6.08 Å². The maximum atomic E-state index is 7.14. The Morgan fingerprint density at radius 3 is 2.55 bits per heavy atom. The van der Waals surface area contributed by atoms with Crippen molar-refractivity contribution in [1.29, 1.82) is 5.41 Å². The van der Waals surface area contributed by atoms with Crippen molar-refractivity contribution in [1.82, 2.24) is 10.2 Å². The molecule has 1 rings (SSSR count). The Hall–Kier alpha value is -0.830. The Bertz CT molecular complexity index is 157. The van der Waals surface area contributed by atoms with Crippen molar-refractivity contribution < 1.29 is 0 Å². The van der Waals surface area contributed by atoms with Gasteiger partial charge in [-0.25, -0.2) is 0 Å². The van der Waals surface area contributed by atoms with Gasteiger partial charge in [0.05, 0.1) is 5.70 Å². The van der Waals surface area contributed by atoms with E-state index in [1.807, 2.05) is 13.0 Å². The molecule has 1 aliphatic heterocycles. The number of nitrogens with zero attached hydrogens (tertiary/aromatic N) is 1. The Balaban J connectivity index is 2.49. The van der Waals surface area contributed by atoms with E-state index < -0.39 is 0 Å². The van der Waals surface area contributed by atoms with Crippen LogP contribution in [0.4, 0.5) is 0 Å². The zero-order valence-corrected chi connectivity index (χ0v) is 6.93. The molecule has 3 heteroatoms. The van der Waals surface area contributed by atoms with Gasteiger partial charge in [-0.05, 0) is 6.92 Å². The first-order chi connectivity index (χ1) is 5.38. The Kier molecular flexibility index (Phi) is 3.11. The van der Waals surface area contributed by atoms with Gasteiger partial charge in [-0.3, -0.25) is 0 Å². The molecule has 0 spiro atoms. The molecule has 0 aromatic heterocycles. The molecule has 11 heavy (non-hydrogen) atoms. The van der Waals surface area contributed by atoms with E-state index in [0.717, 1.165) is 31.9 Å². The molecule has 0 atom stereocenters. The molecule has 0 aromatic rings. The molecule has 1 fully saturated rings. The van der Waals surface area contributed by atoms with Crippen LogP contribution in [0, 0.1) is 5.41 Å². The van der Waals surface area contributed by atoms with Crippen molar-refractivity contribution in [2.24, 2.45) is 0 Å². The molecule has 62 valence electrons. The van der Waals surface area contributed by atoms with Gasteiger partial charge in [-0.2, -0.15) is 0 Å². The maximum Gasteiger partial charge on any atom is 0.0502 e. The Morgan fingerprint density at radius 2 is 2.09 bits per heavy atom. The lowest BCUT2D eigenvalue weighted by Crippen LogP contribution is -2.43. The number of hydrogen-bond acceptors (Lipinski definition) is 3. The fourth-order valence-corrected chi connectivity index (χ4v) is 1.28. The fourth-order valence-electron chi connectivity index (χ4n) is 1.28. The summed E-state index contributed by atoms with van der Waals surface area (Å²) in [6.45, 7) is 6.09. The molecular formula is C8H15N3. The molecule has 0 aliphatic carbocycles. The van der Waals surface area contributed by atoms with E-state index >= 15 is 0 Å². The van der Waals surface area contributed by atoms with Gasteiger partial charge in [0.1, 0.15) is 0 Å². The van der Waals surface area contributed by atoms with Crippen LogP contribution < -0.4 is 5.32 Å². The molecule has 3 nitrogen and oxygen atoms in total. The van der Waals surface area contributed by atoms with Crippen LogP contribution in [0.1, 0.15) is 6.92 Å². The predicted molar refractivity (Wildman–Crippen MR) is 47.0 cm³/mol. The van der Waals surface area contributed by atoms with Crippen molar-refractivity contribution in [3.8, 4) is 0 Å². The highest BCUT2D eigenvalue weighted by Gasteiger charge is 2.09. The lowest BCUT2D eigenvalue weighted by Gasteiger charge is -2.29. The lowest BCUT2D eigenvalue weighted by atomic mass is 10.3. The van der Waals surface area contributed by atoms with Gasteiger partial charge in [0, 0.05) is 32.4 Å². The largest absolute Gasteiger partial charge is 0.368 e. The van der Waals surface area contributed by atoms with Crippen LogP contribution in [-0.4, -0.2) is 37.3 Å². The first kappa shape index (κ1) is 8.27. The molecular weight excluding hydrogens is 138 g/mol. The first-order valence-electron chi connectivity index (χ1n) is 4.01. The summed E-state index contributed by atoms with van der Waals surface area (Å²) in [5.74, 6) is 0. The summed E-state index contributed by atoms with van der Waals surface area (Å²) in [6.07, 6.45) is 3.41. The van der Waals surface area contributed by atoms with Crippen LogP contribution in [0.15, 0.2) is 11.8 Å². The van der Waals surface area contributed by atoms with Crippen LogP contribution >= 0.6 is 0 Å². The van der Waals surface area contributed by atoms with E-state index in [0.29, 0.717) is 0 Å². The minimum absolute atomic E-state index is 1.02. The smallest absolute Gasteiger partial charge is 0.0502 e. The molecule has 1 saturated heterocycles. The Morgan fingerprint density at radius 1 is 1.45 bits per heavy atom. The molecule has 0 aromatic carbocycles. The SMILES string of the molecule is CC=C(C=N)N1CCNCC1. The standard InChI is InChI=1S/C8H15N3/c1-2-8(7-9)11-5-3-10-4-6-11/h2,7,9-10H,3-6H2,1H3. The third-order valence-corrected chi connectivity index (χ3v) is 1.93. The topological polar surface area (TPSA) is 39.1 Å². The molecule has 1 aliphatic rings. The van der Waals surface area contributed by atoms with E-state index in [-0.39, 0.29) is 0 Å². The number of hydrogen-bond donors (Lipinski definition) is 2. The minimum atomic E-state index is 1.02. The monoisotopic (exact) mass is 153 g/mol. The van der Waals surface area contributed by atoms with E-state index in [9.17, 15) is 0 Å². The molecule has 0 radical (unpaired) electrons. The van der Waals surface area contributed by atoms with Crippen molar-refractivity contribution in [3.63, 3.8) is 0 Å². The molecule has 0 saturated carbocycles. The summed E-state index contributed by atoms with van der Waals surface area (Å²) < 4.78 is 0. The fraction of sp³-hybridized carbons (Fsp3) is 0.625. The van der Waals surface area contributed by atoms with Crippen LogP contribution in [0.3, 0.4) is 0 Å². The average Bonchev–Trinajstić information content (AvgIpc) is 2.09. The third kappa shape index (κ3) is 2.05. The molecule has 1 heterocycles. The highest BCUT2D eigenvalue weighted by molar-refractivity contribution is 5.74. The van der Waals surface area contributed by atoms with E-state index in [1.54, 1.807) is 0 Å². The second kappa shape index (κ2) is 4.13. The summed E-state index contributed by atoms with van der Waals surface area (Å²) in [7, 11) is 0. The van der Waals surface area contributed by atoms with E-state index in [2.05, 4.69) is 10.2 Å². The quantitative estimate of drug-likeness (QED) is 0.565. The van der Waals surface area contributed by atoms with Crippen LogP contribution in [0.25, 0.3) is 0 Å². The number of nitrogens with one attached hydrogen (secondary N) is 2. The van der Waals surface area contributed by atoms with Crippen molar-refractivity contribution in [2.45, 2.75) is 6.92 Å². The maximum absolute atomic E-state index is 7.14. The second-order valence-corrected chi connectivity index (χ2v) is 2.59. The van der Waals surface area contributed by atoms with Crippen LogP contribution in [0.2, 0.25) is 0 Å². The Labute approximate surface area is 67.6 Å². The number of rotatable bonds is 2. The van der Waals surface area contributed by atoms with Gasteiger partial charge in [0.15, 0.2) is 0 Å². The predicted octanol–water partition coefficient (Wildman–Crippen LogP) is 0.445. The highest BCUT2D eigenvalue weighted by atomic mass is 15.2. The van der Waals surface area contributed by atoms with Gasteiger partial charge in [0.2, 0.25) is 0 Å². The first-order valence-corrected chi connectivity index (χ1v) is 4.01. The van der Waals surface area contributed by atoms with Gasteiger partial charge < -0.3 is 15.6 Å². The van der Waals surface area contributed by atoms with Crippen molar-refractivity contribution in [3.05, 3.63) is 11.8 Å². The van der Waals surface area contributed by atoms with Gasteiger partial charge in [-0.15, -0.1) is 0 Å². The number of allylic oxidation sites excluding steroid dienone is 2. The summed E-state index contributed by atoms with van der Waals surface area (Å²) in [6, 6.07) is 0. The zero-order valence-electron chi connectivity index (χ0n) is 6.93. The minimum Gasteiger partial charge on any atom is -0.368 e. The highest BCUT2D eigenvalue weighted by Crippen LogP contribution is 2.01.